The molecule has 21 heavy (non-hydrogen) atoms. The van der Waals surface area contributed by atoms with E-state index >= 15 is 0 Å². The number of carbonyl (C=O) groups excluding carboxylic acids is 1. The summed E-state index contributed by atoms with van der Waals surface area (Å²) >= 11 is 0. The van der Waals surface area contributed by atoms with Gasteiger partial charge in [0.2, 0.25) is 5.91 Å². The van der Waals surface area contributed by atoms with E-state index in [1.165, 1.54) is 11.1 Å². The Kier molecular flexibility index (Phi) is 5.40. The highest BCUT2D eigenvalue weighted by atomic mass is 16.1. The Morgan fingerprint density at radius 3 is 2.62 bits per heavy atom. The van der Waals surface area contributed by atoms with Gasteiger partial charge in [0.15, 0.2) is 0 Å². The van der Waals surface area contributed by atoms with Gasteiger partial charge in [-0.3, -0.25) is 4.79 Å². The van der Waals surface area contributed by atoms with Crippen LogP contribution in [0.5, 0.6) is 0 Å². The zero-order valence-corrected chi connectivity index (χ0v) is 13.4. The quantitative estimate of drug-likeness (QED) is 0.873. The van der Waals surface area contributed by atoms with Crippen LogP contribution in [0.3, 0.4) is 0 Å². The fraction of sp³-hybridized carbons (Fsp3) is 0.611. The number of benzene rings is 1. The van der Waals surface area contributed by atoms with Crippen LogP contribution >= 0.6 is 0 Å². The first kappa shape index (κ1) is 16.0. The highest BCUT2D eigenvalue weighted by Gasteiger charge is 2.29. The average molecular weight is 288 g/mol. The molecule has 3 N–H and O–H groups in total. The lowest BCUT2D eigenvalue weighted by molar-refractivity contribution is -0.125. The summed E-state index contributed by atoms with van der Waals surface area (Å²) < 4.78 is 0. The number of hydrogen-bond donors (Lipinski definition) is 2. The summed E-state index contributed by atoms with van der Waals surface area (Å²) in [7, 11) is 0. The third kappa shape index (κ3) is 4.31. The molecule has 3 unspecified atom stereocenters. The van der Waals surface area contributed by atoms with Gasteiger partial charge < -0.3 is 11.1 Å². The molecule has 0 aromatic heterocycles. The largest absolute Gasteiger partial charge is 0.349 e. The first-order valence-corrected chi connectivity index (χ1v) is 8.09. The number of carbonyl (C=O) groups is 1. The van der Waals surface area contributed by atoms with Gasteiger partial charge in [-0.1, -0.05) is 38.1 Å². The van der Waals surface area contributed by atoms with Gasteiger partial charge in [-0.2, -0.15) is 0 Å². The Morgan fingerprint density at radius 2 is 2.05 bits per heavy atom. The van der Waals surface area contributed by atoms with Crippen molar-refractivity contribution in [2.75, 3.05) is 0 Å². The predicted molar refractivity (Wildman–Crippen MR) is 86.8 cm³/mol. The molecule has 1 aliphatic rings. The highest BCUT2D eigenvalue weighted by molar-refractivity contribution is 5.79. The molecule has 3 atom stereocenters. The SMILES string of the molecule is Cc1ccccc1C(CC(C)C)NC(=O)C1CCC(N)C1. The van der Waals surface area contributed by atoms with Gasteiger partial charge in [-0.05, 0) is 49.7 Å². The lowest BCUT2D eigenvalue weighted by atomic mass is 9.93. The fourth-order valence-corrected chi connectivity index (χ4v) is 3.26. The second-order valence-corrected chi connectivity index (χ2v) is 6.82. The van der Waals surface area contributed by atoms with E-state index in [9.17, 15) is 4.79 Å². The molecule has 3 heteroatoms. The molecule has 0 bridgehead atoms. The van der Waals surface area contributed by atoms with Crippen molar-refractivity contribution >= 4 is 5.91 Å². The van der Waals surface area contributed by atoms with Crippen LogP contribution in [-0.4, -0.2) is 11.9 Å². The second-order valence-electron chi connectivity index (χ2n) is 6.82. The molecule has 1 aromatic rings. The van der Waals surface area contributed by atoms with Crippen LogP contribution in [0.15, 0.2) is 24.3 Å². The van der Waals surface area contributed by atoms with Gasteiger partial charge in [0.1, 0.15) is 0 Å². The van der Waals surface area contributed by atoms with Crippen molar-refractivity contribution in [1.29, 1.82) is 0 Å². The van der Waals surface area contributed by atoms with Crippen LogP contribution in [0.25, 0.3) is 0 Å². The molecular formula is C18H28N2O. The van der Waals surface area contributed by atoms with Crippen molar-refractivity contribution in [1.82, 2.24) is 5.32 Å². The molecule has 0 aliphatic heterocycles. The van der Waals surface area contributed by atoms with E-state index in [0.29, 0.717) is 5.92 Å². The number of hydrogen-bond acceptors (Lipinski definition) is 2. The summed E-state index contributed by atoms with van der Waals surface area (Å²) in [5.74, 6) is 0.816. The summed E-state index contributed by atoms with van der Waals surface area (Å²) in [6, 6.07) is 8.64. The number of amides is 1. The van der Waals surface area contributed by atoms with Crippen LogP contribution in [0.1, 0.15) is 56.7 Å². The lowest BCUT2D eigenvalue weighted by Crippen LogP contribution is -2.34. The second kappa shape index (κ2) is 7.08. The molecule has 0 saturated heterocycles. The third-order valence-corrected chi connectivity index (χ3v) is 4.43. The third-order valence-electron chi connectivity index (χ3n) is 4.43. The van der Waals surface area contributed by atoms with Crippen molar-refractivity contribution < 1.29 is 4.79 Å². The van der Waals surface area contributed by atoms with E-state index < -0.39 is 0 Å². The van der Waals surface area contributed by atoms with Crippen molar-refractivity contribution in [2.45, 2.75) is 58.5 Å². The maximum atomic E-state index is 12.5. The maximum absolute atomic E-state index is 12.5. The van der Waals surface area contributed by atoms with Crippen molar-refractivity contribution in [3.05, 3.63) is 35.4 Å². The van der Waals surface area contributed by atoms with Crippen molar-refractivity contribution in [3.8, 4) is 0 Å². The monoisotopic (exact) mass is 288 g/mol. The average Bonchev–Trinajstić information content (AvgIpc) is 2.85. The fourth-order valence-electron chi connectivity index (χ4n) is 3.26. The highest BCUT2D eigenvalue weighted by Crippen LogP contribution is 2.28. The number of aryl methyl sites for hydroxylation is 1. The van der Waals surface area contributed by atoms with Crippen molar-refractivity contribution in [2.24, 2.45) is 17.6 Å². The predicted octanol–water partition coefficient (Wildman–Crippen LogP) is 3.33. The summed E-state index contributed by atoms with van der Waals surface area (Å²) in [6.07, 6.45) is 3.69. The summed E-state index contributed by atoms with van der Waals surface area (Å²) in [5.41, 5.74) is 8.41. The lowest BCUT2D eigenvalue weighted by Gasteiger charge is -2.24. The van der Waals surface area contributed by atoms with Crippen LogP contribution < -0.4 is 11.1 Å². The standard InChI is InChI=1S/C18H28N2O/c1-12(2)10-17(16-7-5-4-6-13(16)3)20-18(21)14-8-9-15(19)11-14/h4-7,12,14-15,17H,8-11,19H2,1-3H3,(H,20,21). The van der Waals surface area contributed by atoms with Crippen LogP contribution in [0.2, 0.25) is 0 Å². The Morgan fingerprint density at radius 1 is 1.33 bits per heavy atom. The minimum Gasteiger partial charge on any atom is -0.349 e. The molecule has 116 valence electrons. The summed E-state index contributed by atoms with van der Waals surface area (Å²) in [5, 5.41) is 3.27. The number of nitrogens with two attached hydrogens (primary N) is 1. The zero-order chi connectivity index (χ0) is 15.4. The van der Waals surface area contributed by atoms with Gasteiger partial charge in [0, 0.05) is 12.0 Å². The molecule has 0 spiro atoms. The summed E-state index contributed by atoms with van der Waals surface area (Å²) in [4.78, 5) is 12.5. The van der Waals surface area contributed by atoms with E-state index in [1.807, 2.05) is 12.1 Å². The van der Waals surface area contributed by atoms with Gasteiger partial charge in [0.25, 0.3) is 0 Å². The summed E-state index contributed by atoms with van der Waals surface area (Å²) in [6.45, 7) is 6.51. The first-order valence-electron chi connectivity index (χ1n) is 8.09. The molecular weight excluding hydrogens is 260 g/mol. The van der Waals surface area contributed by atoms with E-state index in [2.05, 4.69) is 38.2 Å². The van der Waals surface area contributed by atoms with Crippen LogP contribution in [0, 0.1) is 18.8 Å². The van der Waals surface area contributed by atoms with E-state index in [-0.39, 0.29) is 23.9 Å². The van der Waals surface area contributed by atoms with E-state index in [0.717, 1.165) is 25.7 Å². The molecule has 1 saturated carbocycles. The zero-order valence-electron chi connectivity index (χ0n) is 13.4. The normalized spacial score (nSPS) is 23.3. The van der Waals surface area contributed by atoms with Gasteiger partial charge in [-0.25, -0.2) is 0 Å². The molecule has 1 aliphatic carbocycles. The Hall–Kier alpha value is -1.35. The number of nitrogens with one attached hydrogen (secondary N) is 1. The van der Waals surface area contributed by atoms with Gasteiger partial charge in [0.05, 0.1) is 6.04 Å². The maximum Gasteiger partial charge on any atom is 0.223 e. The van der Waals surface area contributed by atoms with E-state index in [1.54, 1.807) is 0 Å². The molecule has 3 nitrogen and oxygen atoms in total. The minimum atomic E-state index is 0.0960. The molecule has 1 aromatic carbocycles. The molecule has 1 amide bonds. The first-order chi connectivity index (χ1) is 9.97. The molecule has 0 radical (unpaired) electrons. The molecule has 1 fully saturated rings. The minimum absolute atomic E-state index is 0.0960. The van der Waals surface area contributed by atoms with E-state index in [4.69, 9.17) is 5.73 Å². The molecule has 2 rings (SSSR count). The Balaban J connectivity index is 2.10. The van der Waals surface area contributed by atoms with Crippen LogP contribution in [0.4, 0.5) is 0 Å². The topological polar surface area (TPSA) is 55.1 Å². The molecule has 0 heterocycles. The Bertz CT molecular complexity index is 484. The smallest absolute Gasteiger partial charge is 0.223 e. The number of rotatable bonds is 5. The van der Waals surface area contributed by atoms with Crippen LogP contribution in [-0.2, 0) is 4.79 Å². The Labute approximate surface area is 128 Å². The van der Waals surface area contributed by atoms with Gasteiger partial charge >= 0.3 is 0 Å². The van der Waals surface area contributed by atoms with Gasteiger partial charge in [-0.15, -0.1) is 0 Å². The van der Waals surface area contributed by atoms with Crippen molar-refractivity contribution in [3.63, 3.8) is 0 Å².